The Bertz CT molecular complexity index is 733. The van der Waals surface area contributed by atoms with Crippen molar-refractivity contribution in [3.05, 3.63) is 35.5 Å². The maximum Gasteiger partial charge on any atom is 0.191 e. The van der Waals surface area contributed by atoms with Crippen molar-refractivity contribution < 1.29 is 0 Å². The summed E-state index contributed by atoms with van der Waals surface area (Å²) in [6, 6.07) is 7.03. The predicted octanol–water partition coefficient (Wildman–Crippen LogP) is 3.06. The Balaban J connectivity index is 1.57. The van der Waals surface area contributed by atoms with Gasteiger partial charge in [0, 0.05) is 36.2 Å². The molecule has 2 heterocycles. The number of benzene rings is 1. The molecule has 1 aromatic carbocycles. The van der Waals surface area contributed by atoms with E-state index in [1.807, 2.05) is 0 Å². The number of rotatable bonds is 7. The lowest BCUT2D eigenvalue weighted by Crippen LogP contribution is -2.40. The molecule has 0 aliphatic carbocycles. The summed E-state index contributed by atoms with van der Waals surface area (Å²) in [5.74, 6) is 0.937. The van der Waals surface area contributed by atoms with Crippen molar-refractivity contribution in [3.8, 4) is 0 Å². The van der Waals surface area contributed by atoms with Crippen molar-refractivity contribution in [1.82, 2.24) is 20.5 Å². The summed E-state index contributed by atoms with van der Waals surface area (Å²) >= 11 is 0. The summed E-state index contributed by atoms with van der Waals surface area (Å²) in [4.78, 5) is 10.8. The van der Waals surface area contributed by atoms with Crippen LogP contribution in [0.2, 0.25) is 0 Å². The summed E-state index contributed by atoms with van der Waals surface area (Å²) in [5, 5.41) is 8.25. The maximum absolute atomic E-state index is 4.84. The number of guanidine groups is 1. The third-order valence-electron chi connectivity index (χ3n) is 5.39. The second kappa shape index (κ2) is 9.08. The molecule has 0 bridgehead atoms. The molecule has 1 aromatic heterocycles. The van der Waals surface area contributed by atoms with Crippen LogP contribution in [0, 0.1) is 6.92 Å². The van der Waals surface area contributed by atoms with Gasteiger partial charge in [-0.3, -0.25) is 9.89 Å². The van der Waals surface area contributed by atoms with Crippen LogP contribution >= 0.6 is 0 Å². The lowest BCUT2D eigenvalue weighted by Gasteiger charge is -2.21. The van der Waals surface area contributed by atoms with E-state index in [0.29, 0.717) is 6.04 Å². The molecule has 1 aliphatic rings. The molecule has 1 saturated heterocycles. The van der Waals surface area contributed by atoms with Gasteiger partial charge in [-0.1, -0.05) is 19.1 Å². The van der Waals surface area contributed by atoms with Crippen molar-refractivity contribution in [1.29, 1.82) is 0 Å². The summed E-state index contributed by atoms with van der Waals surface area (Å²) in [6.45, 7) is 11.6. The van der Waals surface area contributed by atoms with E-state index in [0.717, 1.165) is 38.6 Å². The van der Waals surface area contributed by atoms with E-state index in [9.17, 15) is 0 Å². The Kier molecular flexibility index (Phi) is 6.56. The zero-order valence-corrected chi connectivity index (χ0v) is 16.4. The van der Waals surface area contributed by atoms with E-state index in [4.69, 9.17) is 4.99 Å². The van der Waals surface area contributed by atoms with Crippen molar-refractivity contribution in [2.24, 2.45) is 4.99 Å². The van der Waals surface area contributed by atoms with Crippen LogP contribution in [0.15, 0.2) is 29.4 Å². The summed E-state index contributed by atoms with van der Waals surface area (Å²) in [5.41, 5.74) is 3.93. The smallest absolute Gasteiger partial charge is 0.191 e. The lowest BCUT2D eigenvalue weighted by molar-refractivity contribution is 0.273. The molecule has 0 radical (unpaired) electrons. The van der Waals surface area contributed by atoms with Gasteiger partial charge >= 0.3 is 0 Å². The molecule has 26 heavy (non-hydrogen) atoms. The summed E-state index contributed by atoms with van der Waals surface area (Å²) < 4.78 is 0. The van der Waals surface area contributed by atoms with Crippen LogP contribution in [0.5, 0.6) is 0 Å². The van der Waals surface area contributed by atoms with Crippen LogP contribution in [0.3, 0.4) is 0 Å². The van der Waals surface area contributed by atoms with Gasteiger partial charge in [0.1, 0.15) is 0 Å². The highest BCUT2D eigenvalue weighted by atomic mass is 15.2. The molecule has 0 amide bonds. The molecule has 0 saturated carbocycles. The standard InChI is InChI=1S/C21H33N5/c1-4-22-21(25-15-18-9-7-13-26(18)5-2)23-12-11-17-14-24-19-10-6-8-16(3)20(17)19/h6,8,10,14,18,24H,4-5,7,9,11-13,15H2,1-3H3,(H2,22,23,25). The lowest BCUT2D eigenvalue weighted by atomic mass is 10.1. The Morgan fingerprint density at radius 3 is 3.00 bits per heavy atom. The fourth-order valence-corrected chi connectivity index (χ4v) is 4.02. The fourth-order valence-electron chi connectivity index (χ4n) is 4.02. The number of aromatic nitrogens is 1. The van der Waals surface area contributed by atoms with E-state index < -0.39 is 0 Å². The molecule has 1 atom stereocenters. The van der Waals surface area contributed by atoms with Gasteiger partial charge in [-0.2, -0.15) is 0 Å². The van der Waals surface area contributed by atoms with E-state index in [1.165, 1.54) is 41.4 Å². The zero-order chi connectivity index (χ0) is 18.4. The molecule has 1 aliphatic heterocycles. The summed E-state index contributed by atoms with van der Waals surface area (Å²) in [6.07, 6.45) is 5.70. The highest BCUT2D eigenvalue weighted by molar-refractivity contribution is 5.86. The van der Waals surface area contributed by atoms with Crippen LogP contribution in [0.4, 0.5) is 0 Å². The van der Waals surface area contributed by atoms with Gasteiger partial charge in [-0.25, -0.2) is 0 Å². The first-order valence-electron chi connectivity index (χ1n) is 10.0. The number of aromatic amines is 1. The first-order chi connectivity index (χ1) is 12.7. The fraction of sp³-hybridized carbons (Fsp3) is 0.571. The number of likely N-dealkylation sites (N-methyl/N-ethyl adjacent to an activating group) is 1. The van der Waals surface area contributed by atoms with Gasteiger partial charge < -0.3 is 15.6 Å². The van der Waals surface area contributed by atoms with Crippen molar-refractivity contribution in [2.75, 3.05) is 32.7 Å². The molecule has 142 valence electrons. The third kappa shape index (κ3) is 4.39. The average molecular weight is 356 g/mol. The number of H-pyrrole nitrogens is 1. The van der Waals surface area contributed by atoms with E-state index in [2.05, 4.69) is 65.7 Å². The number of nitrogens with one attached hydrogen (secondary N) is 3. The van der Waals surface area contributed by atoms with Gasteiger partial charge in [0.2, 0.25) is 0 Å². The van der Waals surface area contributed by atoms with E-state index >= 15 is 0 Å². The van der Waals surface area contributed by atoms with Gasteiger partial charge in [0.05, 0.1) is 6.54 Å². The molecule has 5 nitrogen and oxygen atoms in total. The summed E-state index contributed by atoms with van der Waals surface area (Å²) in [7, 11) is 0. The number of aryl methyl sites for hydroxylation is 1. The molecule has 2 aromatic rings. The topological polar surface area (TPSA) is 55.5 Å². The Morgan fingerprint density at radius 1 is 1.31 bits per heavy atom. The number of fused-ring (bicyclic) bond motifs is 1. The van der Waals surface area contributed by atoms with Gasteiger partial charge in [0.25, 0.3) is 0 Å². The normalized spacial score (nSPS) is 18.6. The zero-order valence-electron chi connectivity index (χ0n) is 16.4. The van der Waals surface area contributed by atoms with Crippen molar-refractivity contribution in [3.63, 3.8) is 0 Å². The first-order valence-corrected chi connectivity index (χ1v) is 10.0. The highest BCUT2D eigenvalue weighted by Gasteiger charge is 2.22. The first kappa shape index (κ1) is 18.8. The third-order valence-corrected chi connectivity index (χ3v) is 5.39. The van der Waals surface area contributed by atoms with Gasteiger partial charge in [0.15, 0.2) is 5.96 Å². The van der Waals surface area contributed by atoms with Crippen LogP contribution in [0.1, 0.15) is 37.8 Å². The predicted molar refractivity (Wildman–Crippen MR) is 111 cm³/mol. The minimum Gasteiger partial charge on any atom is -0.361 e. The number of hydrogen-bond acceptors (Lipinski definition) is 2. The van der Waals surface area contributed by atoms with Gasteiger partial charge in [-0.05, 0) is 63.4 Å². The largest absolute Gasteiger partial charge is 0.361 e. The molecule has 3 N–H and O–H groups in total. The molecule has 1 unspecified atom stereocenters. The molecular weight excluding hydrogens is 322 g/mol. The minimum atomic E-state index is 0.603. The van der Waals surface area contributed by atoms with Gasteiger partial charge in [-0.15, -0.1) is 0 Å². The van der Waals surface area contributed by atoms with Crippen LogP contribution in [-0.4, -0.2) is 54.6 Å². The highest BCUT2D eigenvalue weighted by Crippen LogP contribution is 2.22. The molecule has 1 fully saturated rings. The van der Waals surface area contributed by atoms with Crippen molar-refractivity contribution in [2.45, 2.75) is 46.1 Å². The number of aliphatic imine (C=N–C) groups is 1. The van der Waals surface area contributed by atoms with E-state index in [-0.39, 0.29) is 0 Å². The molecular formula is C21H33N5. The van der Waals surface area contributed by atoms with Crippen LogP contribution < -0.4 is 10.6 Å². The van der Waals surface area contributed by atoms with E-state index in [1.54, 1.807) is 0 Å². The Labute approximate surface area is 157 Å². The molecule has 0 spiro atoms. The van der Waals surface area contributed by atoms with Crippen LogP contribution in [-0.2, 0) is 6.42 Å². The second-order valence-electron chi connectivity index (χ2n) is 7.13. The quantitative estimate of drug-likeness (QED) is 0.528. The minimum absolute atomic E-state index is 0.603. The van der Waals surface area contributed by atoms with Crippen LogP contribution in [0.25, 0.3) is 10.9 Å². The molecule has 3 rings (SSSR count). The number of likely N-dealkylation sites (tertiary alicyclic amines) is 1. The Hall–Kier alpha value is -2.01. The van der Waals surface area contributed by atoms with Crippen molar-refractivity contribution >= 4 is 16.9 Å². The second-order valence-corrected chi connectivity index (χ2v) is 7.13. The SMILES string of the molecule is CCNC(=NCC1CCCN1CC)NCCc1c[nH]c2cccc(C)c12. The number of hydrogen-bond donors (Lipinski definition) is 3. The number of nitrogens with zero attached hydrogens (tertiary/aromatic N) is 2. The Morgan fingerprint density at radius 2 is 2.19 bits per heavy atom. The maximum atomic E-state index is 4.84. The average Bonchev–Trinajstić information content (AvgIpc) is 3.27. The molecule has 5 heteroatoms. The monoisotopic (exact) mass is 355 g/mol.